The largest absolute Gasteiger partial charge is 0.463 e. The van der Waals surface area contributed by atoms with Crippen LogP contribution in [0.15, 0.2) is 58.3 Å². The quantitative estimate of drug-likeness (QED) is 0.394. The van der Waals surface area contributed by atoms with E-state index in [1.165, 1.54) is 6.07 Å². The highest BCUT2D eigenvalue weighted by Gasteiger charge is 2.42. The van der Waals surface area contributed by atoms with Gasteiger partial charge in [-0.15, -0.1) is 11.3 Å². The molecule has 0 amide bonds. The number of nitro groups is 1. The summed E-state index contributed by atoms with van der Waals surface area (Å²) in [5, 5.41) is 16.9. The molecule has 2 heterocycles. The van der Waals surface area contributed by atoms with Crippen LogP contribution >= 0.6 is 11.3 Å². The van der Waals surface area contributed by atoms with Crippen molar-refractivity contribution in [3.8, 4) is 0 Å². The van der Waals surface area contributed by atoms with Crippen molar-refractivity contribution < 1.29 is 19.2 Å². The van der Waals surface area contributed by atoms with Crippen LogP contribution in [0.5, 0.6) is 0 Å². The fourth-order valence-corrected chi connectivity index (χ4v) is 5.41. The molecule has 1 aromatic heterocycles. The molecule has 7 nitrogen and oxygen atoms in total. The molecule has 8 heteroatoms. The van der Waals surface area contributed by atoms with Crippen molar-refractivity contribution in [3.05, 3.63) is 84.4 Å². The lowest BCUT2D eigenvalue weighted by molar-refractivity contribution is -0.385. The molecule has 0 fully saturated rings. The van der Waals surface area contributed by atoms with Crippen LogP contribution in [-0.4, -0.2) is 23.3 Å². The number of hydrogen-bond donors (Lipinski definition) is 1. The Morgan fingerprint density at radius 1 is 1.28 bits per heavy atom. The highest BCUT2D eigenvalue weighted by molar-refractivity contribution is 7.10. The molecule has 1 aliphatic carbocycles. The van der Waals surface area contributed by atoms with Crippen LogP contribution in [0.25, 0.3) is 0 Å². The first-order valence-electron chi connectivity index (χ1n) is 10.5. The van der Waals surface area contributed by atoms with Crippen molar-refractivity contribution in [3.63, 3.8) is 0 Å². The summed E-state index contributed by atoms with van der Waals surface area (Å²) in [5.41, 5.74) is 3.24. The van der Waals surface area contributed by atoms with Crippen LogP contribution in [-0.2, 0) is 14.3 Å². The highest BCUT2D eigenvalue weighted by atomic mass is 32.1. The van der Waals surface area contributed by atoms with Gasteiger partial charge in [0.1, 0.15) is 0 Å². The number of ketones is 1. The molecule has 166 valence electrons. The van der Waals surface area contributed by atoms with Crippen LogP contribution in [0.2, 0.25) is 0 Å². The normalized spacial score (nSPS) is 20.7. The predicted molar refractivity (Wildman–Crippen MR) is 121 cm³/mol. The Morgan fingerprint density at radius 3 is 2.72 bits per heavy atom. The lowest BCUT2D eigenvalue weighted by Crippen LogP contribution is -2.36. The fourth-order valence-electron chi connectivity index (χ4n) is 4.58. The Hall–Kier alpha value is -3.26. The van der Waals surface area contributed by atoms with Gasteiger partial charge in [0, 0.05) is 51.7 Å². The standard InChI is InChI=1S/C24H24N2O5S/c1-4-31-24(28)21-14(3)25-17-10-16(20-6-5-9-32-20)12-19(27)23(17)22(21)15-8-7-13(2)18(11-15)26(29)30/h5-9,11,16,22,25H,4,10,12H2,1-3H3. The Kier molecular flexibility index (Phi) is 5.97. The maximum Gasteiger partial charge on any atom is 0.336 e. The molecular weight excluding hydrogens is 428 g/mol. The smallest absolute Gasteiger partial charge is 0.336 e. The first-order valence-corrected chi connectivity index (χ1v) is 11.4. The number of carbonyl (C=O) groups is 2. The molecule has 1 aliphatic heterocycles. The number of rotatable bonds is 5. The molecule has 2 aromatic rings. The number of allylic oxidation sites excluding steroid dienone is 3. The van der Waals surface area contributed by atoms with E-state index in [4.69, 9.17) is 4.74 Å². The Morgan fingerprint density at radius 2 is 2.06 bits per heavy atom. The lowest BCUT2D eigenvalue weighted by atomic mass is 9.72. The number of nitrogens with zero attached hydrogens (tertiary/aromatic N) is 1. The summed E-state index contributed by atoms with van der Waals surface area (Å²) in [6, 6.07) is 8.90. The van der Waals surface area contributed by atoms with Crippen LogP contribution in [0.1, 0.15) is 54.5 Å². The number of ether oxygens (including phenoxy) is 1. The van der Waals surface area contributed by atoms with Crippen molar-refractivity contribution >= 4 is 28.8 Å². The molecule has 32 heavy (non-hydrogen) atoms. The summed E-state index contributed by atoms with van der Waals surface area (Å²) in [5.74, 6) is -1.22. The van der Waals surface area contributed by atoms with Crippen LogP contribution in [0, 0.1) is 17.0 Å². The Balaban J connectivity index is 1.86. The molecule has 1 N–H and O–H groups in total. The maximum absolute atomic E-state index is 13.4. The van der Waals surface area contributed by atoms with Crippen molar-refractivity contribution in [2.45, 2.75) is 45.4 Å². The van der Waals surface area contributed by atoms with Gasteiger partial charge in [0.05, 0.1) is 17.1 Å². The summed E-state index contributed by atoms with van der Waals surface area (Å²) in [4.78, 5) is 38.6. The molecule has 0 saturated heterocycles. The summed E-state index contributed by atoms with van der Waals surface area (Å²) >= 11 is 1.62. The van der Waals surface area contributed by atoms with E-state index >= 15 is 0 Å². The van der Waals surface area contributed by atoms with Gasteiger partial charge in [0.25, 0.3) is 5.69 Å². The van der Waals surface area contributed by atoms with Gasteiger partial charge in [0.15, 0.2) is 5.78 Å². The van der Waals surface area contributed by atoms with E-state index in [0.717, 1.165) is 10.6 Å². The van der Waals surface area contributed by atoms with Crippen molar-refractivity contribution in [2.24, 2.45) is 0 Å². The zero-order valence-corrected chi connectivity index (χ0v) is 19.0. The van der Waals surface area contributed by atoms with Gasteiger partial charge in [0.2, 0.25) is 0 Å². The molecular formula is C24H24N2O5S. The molecule has 2 unspecified atom stereocenters. The minimum Gasteiger partial charge on any atom is -0.463 e. The monoisotopic (exact) mass is 452 g/mol. The zero-order valence-electron chi connectivity index (χ0n) is 18.1. The third kappa shape index (κ3) is 3.86. The number of aryl methyl sites for hydroxylation is 1. The number of hydrogen-bond acceptors (Lipinski definition) is 7. The van der Waals surface area contributed by atoms with Crippen LogP contribution < -0.4 is 5.32 Å². The number of esters is 1. The van der Waals surface area contributed by atoms with E-state index in [9.17, 15) is 19.7 Å². The molecule has 2 atom stereocenters. The third-order valence-electron chi connectivity index (χ3n) is 6.03. The van der Waals surface area contributed by atoms with Gasteiger partial charge in [-0.05, 0) is 44.2 Å². The Bertz CT molecular complexity index is 1160. The van der Waals surface area contributed by atoms with Gasteiger partial charge < -0.3 is 10.1 Å². The second kappa shape index (κ2) is 8.70. The number of nitro benzene ring substituents is 1. The number of nitrogens with one attached hydrogen (secondary N) is 1. The van der Waals surface area contributed by atoms with Crippen molar-refractivity contribution in [2.75, 3.05) is 6.61 Å². The molecule has 0 spiro atoms. The Labute approximate surface area is 189 Å². The van der Waals surface area contributed by atoms with Crippen LogP contribution in [0.3, 0.4) is 0 Å². The molecule has 4 rings (SSSR count). The molecule has 1 aromatic carbocycles. The number of dihydropyridines is 1. The maximum atomic E-state index is 13.4. The minimum atomic E-state index is -0.707. The fraction of sp³-hybridized carbons (Fsp3) is 0.333. The van der Waals surface area contributed by atoms with Gasteiger partial charge in [-0.2, -0.15) is 0 Å². The van der Waals surface area contributed by atoms with E-state index in [-0.39, 0.29) is 24.0 Å². The zero-order chi connectivity index (χ0) is 23.0. The van der Waals surface area contributed by atoms with Crippen LogP contribution in [0.4, 0.5) is 5.69 Å². The van der Waals surface area contributed by atoms with E-state index in [0.29, 0.717) is 40.8 Å². The average Bonchev–Trinajstić information content (AvgIpc) is 3.28. The lowest BCUT2D eigenvalue weighted by Gasteiger charge is -2.36. The van der Waals surface area contributed by atoms with E-state index in [2.05, 4.69) is 5.32 Å². The highest BCUT2D eigenvalue weighted by Crippen LogP contribution is 2.46. The topological polar surface area (TPSA) is 98.5 Å². The van der Waals surface area contributed by atoms with Gasteiger partial charge in [-0.1, -0.05) is 18.2 Å². The van der Waals surface area contributed by atoms with Crippen molar-refractivity contribution in [1.29, 1.82) is 0 Å². The second-order valence-corrected chi connectivity index (χ2v) is 9.04. The van der Waals surface area contributed by atoms with Crippen molar-refractivity contribution in [1.82, 2.24) is 5.32 Å². The summed E-state index contributed by atoms with van der Waals surface area (Å²) in [6.45, 7) is 5.36. The first-order chi connectivity index (χ1) is 15.3. The summed E-state index contributed by atoms with van der Waals surface area (Å²) in [7, 11) is 0. The van der Waals surface area contributed by atoms with E-state index in [1.54, 1.807) is 44.2 Å². The van der Waals surface area contributed by atoms with E-state index in [1.807, 2.05) is 17.5 Å². The number of thiophene rings is 1. The number of carbonyl (C=O) groups excluding carboxylic acids is 2. The second-order valence-electron chi connectivity index (χ2n) is 8.06. The third-order valence-corrected chi connectivity index (χ3v) is 7.07. The molecule has 0 radical (unpaired) electrons. The van der Waals surface area contributed by atoms with E-state index < -0.39 is 16.8 Å². The number of Topliss-reactive ketones (excluding diaryl/α,β-unsaturated/α-hetero) is 1. The average molecular weight is 453 g/mol. The minimum absolute atomic E-state index is 0.0382. The summed E-state index contributed by atoms with van der Waals surface area (Å²) < 4.78 is 5.30. The molecule has 0 bridgehead atoms. The van der Waals surface area contributed by atoms with Gasteiger partial charge in [-0.25, -0.2) is 4.79 Å². The molecule has 2 aliphatic rings. The SMILES string of the molecule is CCOC(=O)C1=C(C)NC2=C(C(=O)CC(c3cccs3)C2)C1c1ccc(C)c([N+](=O)[O-])c1. The van der Waals surface area contributed by atoms with Gasteiger partial charge >= 0.3 is 5.97 Å². The summed E-state index contributed by atoms with van der Waals surface area (Å²) in [6.07, 6.45) is 0.972. The first kappa shape index (κ1) is 22.0. The number of benzene rings is 1. The predicted octanol–water partition coefficient (Wildman–Crippen LogP) is 4.89. The molecule has 0 saturated carbocycles. The van der Waals surface area contributed by atoms with Gasteiger partial charge in [-0.3, -0.25) is 14.9 Å².